The van der Waals surface area contributed by atoms with Gasteiger partial charge in [0.25, 0.3) is 5.91 Å². The third kappa shape index (κ3) is 0.759. The zero-order valence-corrected chi connectivity index (χ0v) is 5.34. The number of likely N-dealkylation sites (N-methyl/N-ethyl adjacent to an activating group) is 1. The van der Waals surface area contributed by atoms with Crippen LogP contribution in [0.5, 0.6) is 0 Å². The van der Waals surface area contributed by atoms with Gasteiger partial charge in [-0.2, -0.15) is 0 Å². The van der Waals surface area contributed by atoms with E-state index in [1.54, 1.807) is 6.92 Å². The Hall–Kier alpha value is -1.06. The van der Waals surface area contributed by atoms with Crippen molar-refractivity contribution in [3.63, 3.8) is 0 Å². The molecule has 0 aromatic rings. The molecule has 4 nitrogen and oxygen atoms in total. The highest BCUT2D eigenvalue weighted by Gasteiger charge is 2.31. The van der Waals surface area contributed by atoms with Gasteiger partial charge < -0.3 is 5.32 Å². The molecule has 1 rings (SSSR count). The van der Waals surface area contributed by atoms with Gasteiger partial charge in [-0.3, -0.25) is 9.69 Å². The van der Waals surface area contributed by atoms with Gasteiger partial charge in [-0.1, -0.05) is 0 Å². The van der Waals surface area contributed by atoms with Crippen LogP contribution in [0, 0.1) is 0 Å². The predicted octanol–water partition coefficient (Wildman–Crippen LogP) is -0.444. The summed E-state index contributed by atoms with van der Waals surface area (Å²) in [4.78, 5) is 22.4. The van der Waals surface area contributed by atoms with Crippen molar-refractivity contribution in [2.75, 3.05) is 7.05 Å². The fourth-order valence-electron chi connectivity index (χ4n) is 0.734. The quantitative estimate of drug-likeness (QED) is 0.449. The van der Waals surface area contributed by atoms with Crippen molar-refractivity contribution in [1.29, 1.82) is 0 Å². The zero-order valence-electron chi connectivity index (χ0n) is 5.34. The van der Waals surface area contributed by atoms with Crippen LogP contribution in [0.4, 0.5) is 4.79 Å². The van der Waals surface area contributed by atoms with Crippen molar-refractivity contribution < 1.29 is 9.59 Å². The number of imide groups is 1. The topological polar surface area (TPSA) is 49.4 Å². The molecule has 50 valence electrons. The van der Waals surface area contributed by atoms with E-state index in [-0.39, 0.29) is 18.0 Å². The van der Waals surface area contributed by atoms with Crippen LogP contribution in [-0.2, 0) is 4.79 Å². The van der Waals surface area contributed by atoms with Gasteiger partial charge in [-0.05, 0) is 6.92 Å². The Morgan fingerprint density at radius 2 is 2.11 bits per heavy atom. The van der Waals surface area contributed by atoms with Gasteiger partial charge in [0.2, 0.25) is 0 Å². The van der Waals surface area contributed by atoms with E-state index in [0.717, 1.165) is 4.90 Å². The van der Waals surface area contributed by atoms with Gasteiger partial charge in [-0.15, -0.1) is 0 Å². The predicted molar refractivity (Wildman–Crippen MR) is 30.8 cm³/mol. The lowest BCUT2D eigenvalue weighted by Crippen LogP contribution is -2.25. The number of hydrogen-bond acceptors (Lipinski definition) is 2. The molecule has 3 amide bonds. The molecular weight excluding hydrogens is 120 g/mol. The first-order valence-corrected chi connectivity index (χ1v) is 2.71. The summed E-state index contributed by atoms with van der Waals surface area (Å²) in [5, 5.41) is 2.45. The standard InChI is InChI=1S/C5H8N2O2/c1-3-4(8)7(2)5(9)6-3/h3H,1-2H3,(H,6,9). The van der Waals surface area contributed by atoms with Gasteiger partial charge in [0.05, 0.1) is 0 Å². The molecular formula is C5H8N2O2. The Bertz CT molecular complexity index is 166. The largest absolute Gasteiger partial charge is 0.326 e. The van der Waals surface area contributed by atoms with Crippen molar-refractivity contribution >= 4 is 11.9 Å². The van der Waals surface area contributed by atoms with Crippen LogP contribution in [-0.4, -0.2) is 29.9 Å². The summed E-state index contributed by atoms with van der Waals surface area (Å²) in [5.41, 5.74) is 0. The van der Waals surface area contributed by atoms with E-state index in [1.165, 1.54) is 7.05 Å². The van der Waals surface area contributed by atoms with Crippen molar-refractivity contribution in [1.82, 2.24) is 10.2 Å². The van der Waals surface area contributed by atoms with E-state index in [0.29, 0.717) is 0 Å². The molecule has 1 saturated heterocycles. The van der Waals surface area contributed by atoms with Gasteiger partial charge >= 0.3 is 6.03 Å². The normalized spacial score (nSPS) is 26.9. The molecule has 1 heterocycles. The second kappa shape index (κ2) is 1.72. The maximum absolute atomic E-state index is 10.8. The summed E-state index contributed by atoms with van der Waals surface area (Å²) in [5.74, 6) is -0.167. The fourth-order valence-corrected chi connectivity index (χ4v) is 0.734. The summed E-state index contributed by atoms with van der Waals surface area (Å²) in [6, 6.07) is -0.657. The maximum Gasteiger partial charge on any atom is 0.324 e. The summed E-state index contributed by atoms with van der Waals surface area (Å²) in [6.45, 7) is 1.66. The van der Waals surface area contributed by atoms with E-state index in [4.69, 9.17) is 0 Å². The van der Waals surface area contributed by atoms with Crippen LogP contribution in [0.3, 0.4) is 0 Å². The van der Waals surface area contributed by atoms with Crippen molar-refractivity contribution in [3.8, 4) is 0 Å². The molecule has 0 aromatic carbocycles. The first kappa shape index (κ1) is 6.07. The number of rotatable bonds is 0. The number of nitrogens with zero attached hydrogens (tertiary/aromatic N) is 1. The van der Waals surface area contributed by atoms with Crippen molar-refractivity contribution in [2.45, 2.75) is 13.0 Å². The van der Waals surface area contributed by atoms with E-state index in [1.807, 2.05) is 0 Å². The highest BCUT2D eigenvalue weighted by Crippen LogP contribution is 2.00. The van der Waals surface area contributed by atoms with Crippen LogP contribution < -0.4 is 5.32 Å². The summed E-state index contributed by atoms with van der Waals surface area (Å²) in [6.07, 6.45) is 0. The number of hydrogen-bond donors (Lipinski definition) is 1. The van der Waals surface area contributed by atoms with Crippen molar-refractivity contribution in [2.24, 2.45) is 0 Å². The first-order valence-electron chi connectivity index (χ1n) is 2.71. The Kier molecular flexibility index (Phi) is 1.16. The SMILES string of the molecule is CC1NC(=O)N(C)C1=O. The molecule has 4 heteroatoms. The molecule has 1 aliphatic heterocycles. The van der Waals surface area contributed by atoms with Crippen molar-refractivity contribution in [3.05, 3.63) is 0 Å². The Morgan fingerprint density at radius 1 is 1.56 bits per heavy atom. The number of nitrogens with one attached hydrogen (secondary N) is 1. The molecule has 1 N–H and O–H groups in total. The van der Waals surface area contributed by atoms with Crippen LogP contribution in [0.2, 0.25) is 0 Å². The molecule has 1 atom stereocenters. The Morgan fingerprint density at radius 3 is 2.22 bits per heavy atom. The molecule has 0 radical (unpaired) electrons. The molecule has 0 spiro atoms. The second-order valence-corrected chi connectivity index (χ2v) is 2.07. The number of carbonyl (C=O) groups excluding carboxylic acids is 2. The Labute approximate surface area is 52.8 Å². The first-order chi connectivity index (χ1) is 4.13. The average molecular weight is 128 g/mol. The van der Waals surface area contributed by atoms with E-state index in [2.05, 4.69) is 5.32 Å². The lowest BCUT2D eigenvalue weighted by Gasteiger charge is -2.00. The molecule has 0 bridgehead atoms. The second-order valence-electron chi connectivity index (χ2n) is 2.07. The molecule has 0 aromatic heterocycles. The monoisotopic (exact) mass is 128 g/mol. The molecule has 0 saturated carbocycles. The lowest BCUT2D eigenvalue weighted by molar-refractivity contribution is -0.126. The fraction of sp³-hybridized carbons (Fsp3) is 0.600. The van der Waals surface area contributed by atoms with Crippen LogP contribution in [0.25, 0.3) is 0 Å². The van der Waals surface area contributed by atoms with Crippen LogP contribution in [0.1, 0.15) is 6.92 Å². The van der Waals surface area contributed by atoms with E-state index in [9.17, 15) is 9.59 Å². The Balaban J connectivity index is 2.77. The van der Waals surface area contributed by atoms with Crippen LogP contribution in [0.15, 0.2) is 0 Å². The molecule has 1 unspecified atom stereocenters. The highest BCUT2D eigenvalue weighted by atomic mass is 16.2. The van der Waals surface area contributed by atoms with Gasteiger partial charge in [0, 0.05) is 7.05 Å². The zero-order chi connectivity index (χ0) is 7.02. The summed E-state index contributed by atoms with van der Waals surface area (Å²) >= 11 is 0. The minimum atomic E-state index is -0.345. The van der Waals surface area contributed by atoms with Gasteiger partial charge in [0.15, 0.2) is 0 Å². The lowest BCUT2D eigenvalue weighted by atomic mass is 10.3. The van der Waals surface area contributed by atoms with E-state index >= 15 is 0 Å². The number of urea groups is 1. The maximum atomic E-state index is 10.8. The van der Waals surface area contributed by atoms with Gasteiger partial charge in [-0.25, -0.2) is 4.79 Å². The number of carbonyl (C=O) groups is 2. The smallest absolute Gasteiger partial charge is 0.324 e. The highest BCUT2D eigenvalue weighted by molar-refractivity contribution is 6.03. The molecule has 1 fully saturated rings. The minimum Gasteiger partial charge on any atom is -0.326 e. The van der Waals surface area contributed by atoms with Gasteiger partial charge in [0.1, 0.15) is 6.04 Å². The third-order valence-corrected chi connectivity index (χ3v) is 1.35. The van der Waals surface area contributed by atoms with E-state index < -0.39 is 0 Å². The molecule has 9 heavy (non-hydrogen) atoms. The van der Waals surface area contributed by atoms with Crippen LogP contribution >= 0.6 is 0 Å². The average Bonchev–Trinajstić information content (AvgIpc) is 1.98. The summed E-state index contributed by atoms with van der Waals surface area (Å²) in [7, 11) is 1.46. The summed E-state index contributed by atoms with van der Waals surface area (Å²) < 4.78 is 0. The third-order valence-electron chi connectivity index (χ3n) is 1.35. The molecule has 0 aliphatic carbocycles. The number of amides is 3. The molecule has 1 aliphatic rings. The minimum absolute atomic E-state index is 0.167.